The summed E-state index contributed by atoms with van der Waals surface area (Å²) in [5.74, 6) is -0.472. The molecule has 2 aromatic rings. The molecule has 0 atom stereocenters. The van der Waals surface area contributed by atoms with Crippen molar-refractivity contribution in [3.63, 3.8) is 0 Å². The highest BCUT2D eigenvalue weighted by atomic mass is 32.2. The van der Waals surface area contributed by atoms with Crippen molar-refractivity contribution in [2.75, 3.05) is 5.75 Å². The van der Waals surface area contributed by atoms with E-state index in [1.54, 1.807) is 18.2 Å². The van der Waals surface area contributed by atoms with E-state index in [-0.39, 0.29) is 11.4 Å². The van der Waals surface area contributed by atoms with Gasteiger partial charge >= 0.3 is 5.97 Å². The number of carbonyl (C=O) groups is 1. The SMILES string of the molecule is O=C(O)c1ccc(SCCc2ccc([N+](=O)[O-])cc2)o1. The van der Waals surface area contributed by atoms with Crippen molar-refractivity contribution in [2.45, 2.75) is 11.5 Å². The lowest BCUT2D eigenvalue weighted by molar-refractivity contribution is -0.384. The molecule has 104 valence electrons. The van der Waals surface area contributed by atoms with Crippen LogP contribution in [0, 0.1) is 10.1 Å². The normalized spacial score (nSPS) is 10.4. The van der Waals surface area contributed by atoms with Gasteiger partial charge in [0.05, 0.1) is 4.92 Å². The molecule has 0 saturated heterocycles. The third-order valence-electron chi connectivity index (χ3n) is 2.57. The number of benzene rings is 1. The number of nitro benzene ring substituents is 1. The third kappa shape index (κ3) is 3.61. The Morgan fingerprint density at radius 2 is 1.95 bits per heavy atom. The Balaban J connectivity index is 1.85. The maximum atomic E-state index is 10.6. The third-order valence-corrected chi connectivity index (χ3v) is 3.49. The van der Waals surface area contributed by atoms with Gasteiger partial charge in [-0.05, 0) is 24.1 Å². The Bertz CT molecular complexity index is 620. The number of hydrogen-bond acceptors (Lipinski definition) is 5. The molecule has 6 nitrogen and oxygen atoms in total. The number of rotatable bonds is 6. The van der Waals surface area contributed by atoms with E-state index in [2.05, 4.69) is 0 Å². The number of non-ortho nitro benzene ring substituents is 1. The topological polar surface area (TPSA) is 93.6 Å². The van der Waals surface area contributed by atoms with Crippen LogP contribution < -0.4 is 0 Å². The first-order valence-corrected chi connectivity index (χ1v) is 6.74. The van der Waals surface area contributed by atoms with Gasteiger partial charge in [-0.3, -0.25) is 10.1 Å². The molecular formula is C13H11NO5S. The molecule has 7 heteroatoms. The van der Waals surface area contributed by atoms with Crippen molar-refractivity contribution >= 4 is 23.4 Å². The van der Waals surface area contributed by atoms with E-state index < -0.39 is 10.9 Å². The minimum absolute atomic E-state index is 0.0681. The largest absolute Gasteiger partial charge is 0.475 e. The number of hydrogen-bond donors (Lipinski definition) is 1. The van der Waals surface area contributed by atoms with Crippen molar-refractivity contribution in [1.29, 1.82) is 0 Å². The fourth-order valence-electron chi connectivity index (χ4n) is 1.57. The standard InChI is InChI=1S/C13H11NO5S/c15-13(16)11-5-6-12(19-11)20-8-7-9-1-3-10(4-2-9)14(17)18/h1-6H,7-8H2,(H,15,16). The van der Waals surface area contributed by atoms with Crippen LogP contribution in [-0.2, 0) is 6.42 Å². The Labute approximate surface area is 118 Å². The summed E-state index contributed by atoms with van der Waals surface area (Å²) in [5.41, 5.74) is 1.05. The van der Waals surface area contributed by atoms with Crippen LogP contribution >= 0.6 is 11.8 Å². The van der Waals surface area contributed by atoms with E-state index in [4.69, 9.17) is 9.52 Å². The van der Waals surface area contributed by atoms with Crippen molar-refractivity contribution in [2.24, 2.45) is 0 Å². The van der Waals surface area contributed by atoms with Gasteiger partial charge in [0.2, 0.25) is 5.76 Å². The number of carboxylic acid groups (broad SMARTS) is 1. The van der Waals surface area contributed by atoms with Gasteiger partial charge in [-0.2, -0.15) is 0 Å². The summed E-state index contributed by atoms with van der Waals surface area (Å²) in [7, 11) is 0. The lowest BCUT2D eigenvalue weighted by atomic mass is 10.1. The zero-order valence-corrected chi connectivity index (χ0v) is 11.1. The van der Waals surface area contributed by atoms with Crippen molar-refractivity contribution in [3.05, 3.63) is 57.8 Å². The molecule has 0 spiro atoms. The number of aryl methyl sites for hydroxylation is 1. The monoisotopic (exact) mass is 293 g/mol. The van der Waals surface area contributed by atoms with Crippen LogP contribution in [0.3, 0.4) is 0 Å². The summed E-state index contributed by atoms with van der Waals surface area (Å²) in [6.45, 7) is 0. The molecular weight excluding hydrogens is 282 g/mol. The first-order chi connectivity index (χ1) is 9.56. The fraction of sp³-hybridized carbons (Fsp3) is 0.154. The maximum Gasteiger partial charge on any atom is 0.371 e. The van der Waals surface area contributed by atoms with Gasteiger partial charge in [0.25, 0.3) is 5.69 Å². The average Bonchev–Trinajstić information content (AvgIpc) is 2.88. The average molecular weight is 293 g/mol. The Kier molecular flexibility index (Phi) is 4.41. The molecule has 0 aliphatic carbocycles. The van der Waals surface area contributed by atoms with Gasteiger partial charge in [0, 0.05) is 17.9 Å². The van der Waals surface area contributed by atoms with Crippen LogP contribution in [0.15, 0.2) is 45.9 Å². The van der Waals surface area contributed by atoms with Crippen LogP contribution in [0.4, 0.5) is 5.69 Å². The molecule has 1 aromatic carbocycles. The molecule has 0 unspecified atom stereocenters. The molecule has 0 saturated carbocycles. The number of carboxylic acids is 1. The van der Waals surface area contributed by atoms with E-state index in [9.17, 15) is 14.9 Å². The van der Waals surface area contributed by atoms with Crippen LogP contribution in [0.1, 0.15) is 16.1 Å². The number of furan rings is 1. The summed E-state index contributed by atoms with van der Waals surface area (Å²) in [5, 5.41) is 19.8. The minimum Gasteiger partial charge on any atom is -0.475 e. The zero-order valence-electron chi connectivity index (χ0n) is 10.3. The predicted molar refractivity (Wildman–Crippen MR) is 73.2 cm³/mol. The van der Waals surface area contributed by atoms with Gasteiger partial charge in [0.1, 0.15) is 0 Å². The molecule has 0 fully saturated rings. The molecule has 2 rings (SSSR count). The zero-order chi connectivity index (χ0) is 14.5. The molecule has 1 aromatic heterocycles. The maximum absolute atomic E-state index is 10.6. The lowest BCUT2D eigenvalue weighted by Gasteiger charge is -2.00. The summed E-state index contributed by atoms with van der Waals surface area (Å²) in [6, 6.07) is 9.39. The van der Waals surface area contributed by atoms with Gasteiger partial charge in [0.15, 0.2) is 5.09 Å². The van der Waals surface area contributed by atoms with E-state index in [0.717, 1.165) is 5.56 Å². The number of nitrogens with zero attached hydrogens (tertiary/aromatic N) is 1. The van der Waals surface area contributed by atoms with Crippen molar-refractivity contribution < 1.29 is 19.2 Å². The summed E-state index contributed by atoms with van der Waals surface area (Å²) in [4.78, 5) is 20.7. The Morgan fingerprint density at radius 3 is 2.50 bits per heavy atom. The second-order valence-corrected chi connectivity index (χ2v) is 5.05. The Hall–Kier alpha value is -2.28. The first-order valence-electron chi connectivity index (χ1n) is 5.75. The summed E-state index contributed by atoms with van der Waals surface area (Å²) >= 11 is 1.40. The fourth-order valence-corrected chi connectivity index (χ4v) is 2.42. The minimum atomic E-state index is -1.09. The van der Waals surface area contributed by atoms with Crippen molar-refractivity contribution in [1.82, 2.24) is 0 Å². The predicted octanol–water partition coefficient (Wildman–Crippen LogP) is 3.22. The molecule has 0 bridgehead atoms. The van der Waals surface area contributed by atoms with E-state index in [0.29, 0.717) is 17.3 Å². The van der Waals surface area contributed by atoms with Gasteiger partial charge < -0.3 is 9.52 Å². The highest BCUT2D eigenvalue weighted by molar-refractivity contribution is 7.99. The Morgan fingerprint density at radius 1 is 1.25 bits per heavy atom. The van der Waals surface area contributed by atoms with Crippen molar-refractivity contribution in [3.8, 4) is 0 Å². The molecule has 0 amide bonds. The molecule has 1 heterocycles. The van der Waals surface area contributed by atoms with Gasteiger partial charge in [-0.25, -0.2) is 4.79 Å². The molecule has 20 heavy (non-hydrogen) atoms. The van der Waals surface area contributed by atoms with Crippen LogP contribution in [-0.4, -0.2) is 21.8 Å². The van der Waals surface area contributed by atoms with E-state index in [1.165, 1.54) is 30.0 Å². The number of thioether (sulfide) groups is 1. The summed E-state index contributed by atoms with van der Waals surface area (Å²) < 4.78 is 5.11. The smallest absolute Gasteiger partial charge is 0.371 e. The number of aromatic carboxylic acids is 1. The van der Waals surface area contributed by atoms with Crippen LogP contribution in [0.25, 0.3) is 0 Å². The quantitative estimate of drug-likeness (QED) is 0.499. The lowest BCUT2D eigenvalue weighted by Crippen LogP contribution is -1.92. The molecule has 1 N–H and O–H groups in total. The highest BCUT2D eigenvalue weighted by Crippen LogP contribution is 2.22. The second kappa shape index (κ2) is 6.25. The van der Waals surface area contributed by atoms with Gasteiger partial charge in [-0.1, -0.05) is 23.9 Å². The molecule has 0 aliphatic heterocycles. The van der Waals surface area contributed by atoms with Crippen LogP contribution in [0.2, 0.25) is 0 Å². The highest BCUT2D eigenvalue weighted by Gasteiger charge is 2.09. The first kappa shape index (κ1) is 14.1. The van der Waals surface area contributed by atoms with Gasteiger partial charge in [-0.15, -0.1) is 0 Å². The number of nitro groups is 1. The summed E-state index contributed by atoms with van der Waals surface area (Å²) in [6.07, 6.45) is 0.714. The second-order valence-electron chi connectivity index (χ2n) is 3.95. The molecule has 0 aliphatic rings. The van der Waals surface area contributed by atoms with E-state index in [1.807, 2.05) is 0 Å². The molecule has 0 radical (unpaired) electrons. The van der Waals surface area contributed by atoms with E-state index >= 15 is 0 Å². The van der Waals surface area contributed by atoms with Crippen LogP contribution in [0.5, 0.6) is 0 Å².